The Balaban J connectivity index is 1.11. The molecule has 0 saturated carbocycles. The lowest BCUT2D eigenvalue weighted by molar-refractivity contribution is -0.143. The van der Waals surface area contributed by atoms with Gasteiger partial charge in [0, 0.05) is 41.7 Å². The van der Waals surface area contributed by atoms with Crippen molar-refractivity contribution in [3.8, 4) is 80.1 Å². The molecular weight excluding hydrogens is 1270 g/mol. The summed E-state index contributed by atoms with van der Waals surface area (Å²) in [5.74, 6) is -17.9. The summed E-state index contributed by atoms with van der Waals surface area (Å²) in [6.45, 7) is 0. The average Bonchev–Trinajstić information content (AvgIpc) is 0.777. The molecule has 6 aliphatic rings. The van der Waals surface area contributed by atoms with Gasteiger partial charge in [-0.1, -0.05) is 47.5 Å². The second-order valence-corrected chi connectivity index (χ2v) is 23.0. The van der Waals surface area contributed by atoms with Gasteiger partial charge in [-0.25, -0.2) is 4.79 Å². The van der Waals surface area contributed by atoms with E-state index >= 15 is 19.2 Å². The zero-order valence-electron chi connectivity index (χ0n) is 48.2. The van der Waals surface area contributed by atoms with Gasteiger partial charge in [0.15, 0.2) is 29.0 Å². The van der Waals surface area contributed by atoms with Crippen molar-refractivity contribution in [2.75, 3.05) is 0 Å². The number of ether oxygens (including phenoxy) is 3. The van der Waals surface area contributed by atoms with E-state index in [9.17, 15) is 64.8 Å². The Kier molecular flexibility index (Phi) is 17.5. The number of carboxylic acids is 1. The third-order valence-corrected chi connectivity index (χ3v) is 16.3. The van der Waals surface area contributed by atoms with E-state index in [0.717, 1.165) is 84.9 Å². The van der Waals surface area contributed by atoms with Crippen LogP contribution in [0.1, 0.15) is 88.1 Å². The number of hydrogen-bond acceptors (Lipinski definition) is 20. The maximum atomic E-state index is 15.8. The van der Waals surface area contributed by atoms with Crippen molar-refractivity contribution >= 4 is 76.4 Å². The number of amides is 8. The van der Waals surface area contributed by atoms with E-state index in [1.165, 1.54) is 30.3 Å². The first-order valence-electron chi connectivity index (χ1n) is 28.3. The zero-order chi connectivity index (χ0) is 67.3. The molecule has 17 bridgehead atoms. The fraction of sp³-hybridized carbons (Fsp3) is 0.190. The number of rotatable bonds is 6. The van der Waals surface area contributed by atoms with Gasteiger partial charge in [0.1, 0.15) is 82.6 Å². The fourth-order valence-corrected chi connectivity index (χ4v) is 11.5. The number of fused-ring (bicyclic) bond motifs is 14. The van der Waals surface area contributed by atoms with E-state index < -0.39 is 183 Å². The Labute approximate surface area is 539 Å². The monoisotopic (exact) mass is 1330 g/mol. The minimum Gasteiger partial charge on any atom is -0.508 e. The molecule has 0 aliphatic carbocycles. The lowest BCUT2D eigenvalue weighted by atomic mass is 9.89. The van der Waals surface area contributed by atoms with Gasteiger partial charge < -0.3 is 104 Å². The quantitative estimate of drug-likeness (QED) is 0.113. The van der Waals surface area contributed by atoms with E-state index in [-0.39, 0.29) is 73.5 Å². The fourth-order valence-electron chi connectivity index (χ4n) is 11.0. The lowest BCUT2D eigenvalue weighted by Gasteiger charge is -2.31. The number of carbonyl (C=O) groups excluding carboxylic acids is 8. The molecule has 19 N–H and O–H groups in total. The molecule has 0 radical (unpaired) electrons. The molecule has 6 aliphatic heterocycles. The largest absolute Gasteiger partial charge is 0.508 e. The number of nitrogens with one attached hydrogen (secondary N) is 7. The maximum Gasteiger partial charge on any atom is 0.330 e. The molecule has 0 unspecified atom stereocenters. The van der Waals surface area contributed by atoms with Crippen molar-refractivity contribution in [1.82, 2.24) is 37.2 Å². The summed E-state index contributed by atoms with van der Waals surface area (Å²) in [5, 5.41) is 108. The number of halogens is 2. The Bertz CT molecular complexity index is 4380. The van der Waals surface area contributed by atoms with E-state index in [0.29, 0.717) is 0 Å². The molecule has 13 rings (SSSR count). The van der Waals surface area contributed by atoms with E-state index in [1.54, 1.807) is 0 Å². The highest BCUT2D eigenvalue weighted by atomic mass is 35.5. The van der Waals surface area contributed by atoms with Crippen molar-refractivity contribution in [2.24, 2.45) is 11.5 Å². The zero-order valence-corrected chi connectivity index (χ0v) is 49.7. The van der Waals surface area contributed by atoms with Gasteiger partial charge >= 0.3 is 5.97 Å². The van der Waals surface area contributed by atoms with Crippen molar-refractivity contribution in [3.05, 3.63) is 164 Å². The summed E-state index contributed by atoms with van der Waals surface area (Å²) in [5.41, 5.74) is 8.87. The van der Waals surface area contributed by atoms with E-state index in [2.05, 4.69) is 37.2 Å². The SMILES string of the molecule is NC(=O)CC[C@@H](N)C(=O)N[C@@H]1C(=O)N[C@@H]2Cc3ccc(c(Cl)c3)Oc3cc4cc(c3O)Oc3ccc(cc3Cl)[C@@H](O)[C@@H]3NC(=O)[C@H](NC(=O)[C@@H]4NC(=O)[C@@H](NC2=O)c2cc(O)cc(c2)Oc2cc1ccc2O)c1ccc(O)c(c1)-c1c(O)cc(O)cc1[C@H](C(=O)O)NC3=O. The number of carboxylic acid groups (broad SMARTS) is 1. The van der Waals surface area contributed by atoms with Gasteiger partial charge in [0.2, 0.25) is 53.0 Å². The molecule has 0 aromatic heterocycles. The number of aliphatic hydroxyl groups excluding tert-OH is 1. The van der Waals surface area contributed by atoms with E-state index in [4.69, 9.17) is 48.9 Å². The molecule has 484 valence electrons. The van der Waals surface area contributed by atoms with Crippen LogP contribution in [0.15, 0.2) is 115 Å². The number of primary amides is 1. The predicted molar refractivity (Wildman–Crippen MR) is 325 cm³/mol. The Hall–Kier alpha value is -11.5. The second-order valence-electron chi connectivity index (χ2n) is 22.2. The Morgan fingerprint density at radius 1 is 0.553 bits per heavy atom. The van der Waals surface area contributed by atoms with Crippen LogP contribution in [0.5, 0.6) is 69.0 Å². The molecule has 29 nitrogen and oxygen atoms in total. The van der Waals surface area contributed by atoms with Gasteiger partial charge in [-0.2, -0.15) is 0 Å². The number of aromatic hydroxyl groups is 6. The highest BCUT2D eigenvalue weighted by Crippen LogP contribution is 2.48. The molecule has 0 saturated heterocycles. The molecular formula is C63H53Cl2N9O20. The summed E-state index contributed by atoms with van der Waals surface area (Å²) in [6.07, 6.45) is -3.21. The number of carbonyl (C=O) groups is 9. The van der Waals surface area contributed by atoms with Crippen molar-refractivity contribution in [2.45, 2.75) is 73.7 Å². The summed E-state index contributed by atoms with van der Waals surface area (Å²) in [4.78, 5) is 130. The van der Waals surface area contributed by atoms with Crippen LogP contribution in [-0.4, -0.2) is 112 Å². The van der Waals surface area contributed by atoms with Gasteiger partial charge in [0.05, 0.1) is 16.1 Å². The van der Waals surface area contributed by atoms with Crippen molar-refractivity contribution < 1.29 is 98.2 Å². The molecule has 9 atom stereocenters. The summed E-state index contributed by atoms with van der Waals surface area (Å²) in [6, 6.07) is 5.14. The smallest absolute Gasteiger partial charge is 0.330 e. The summed E-state index contributed by atoms with van der Waals surface area (Å²) >= 11 is 13.7. The van der Waals surface area contributed by atoms with Crippen LogP contribution < -0.4 is 62.9 Å². The number of benzene rings is 7. The van der Waals surface area contributed by atoms with Crippen molar-refractivity contribution in [1.29, 1.82) is 0 Å². The Morgan fingerprint density at radius 3 is 1.80 bits per heavy atom. The lowest BCUT2D eigenvalue weighted by Crippen LogP contribution is -2.55. The van der Waals surface area contributed by atoms with Gasteiger partial charge in [-0.15, -0.1) is 0 Å². The first kappa shape index (κ1) is 64.0. The predicted octanol–water partition coefficient (Wildman–Crippen LogP) is 3.74. The highest BCUT2D eigenvalue weighted by Gasteiger charge is 2.42. The van der Waals surface area contributed by atoms with Crippen LogP contribution in [0.3, 0.4) is 0 Å². The molecule has 7 aromatic carbocycles. The van der Waals surface area contributed by atoms with Gasteiger partial charge in [0.25, 0.3) is 0 Å². The number of aliphatic carboxylic acids is 1. The summed E-state index contributed by atoms with van der Waals surface area (Å²) in [7, 11) is 0. The number of phenols is 6. The van der Waals surface area contributed by atoms with Crippen LogP contribution in [-0.2, 0) is 49.6 Å². The topological polar surface area (TPSA) is 479 Å². The normalized spacial score (nSPS) is 21.3. The van der Waals surface area contributed by atoms with Crippen LogP contribution in [0, 0.1) is 0 Å². The number of nitrogens with two attached hydrogens (primary N) is 2. The molecule has 0 fully saturated rings. The first-order valence-corrected chi connectivity index (χ1v) is 29.1. The third-order valence-electron chi connectivity index (χ3n) is 15.7. The minimum atomic E-state index is -2.24. The highest BCUT2D eigenvalue weighted by molar-refractivity contribution is 6.32. The molecule has 0 spiro atoms. The standard InChI is InChI=1S/C63H53Cl2N9O20/c64-34-11-23-1-8-41(34)93-44-18-28-19-45(55(44)82)94-42-9-4-26(16-35(42)65)54(81)53-62(89)73-52(63(90)91)33-21-30(76)22-40(79)47(33)32-15-24(2-6-38(32)77)48(59(86)74-53)71-61(88)51(28)72-60(87)50-27-13-29(75)20-31(14-27)92-43-17-25(3-7-39(43)78)49(58(85)68-37(12-23)57(84)70-50)69-56(83)36(66)5-10-46(67)80/h1-4,6-9,11,13-22,36-37,48-54,75-79,81-82H,5,10,12,66H2,(H2,67,80)(H,68,85)(H,69,83)(H,70,84)(H,71,88)(H,72,87)(H,73,89)(H,74,86)(H,90,91)/t36-,37-,48-,49+,50+,51-,52-,53+,54-/m1/s1. The van der Waals surface area contributed by atoms with Crippen LogP contribution in [0.25, 0.3) is 11.1 Å². The van der Waals surface area contributed by atoms with Gasteiger partial charge in [-0.05, 0) is 119 Å². The molecule has 6 heterocycles. The number of aliphatic hydroxyl groups is 1. The van der Waals surface area contributed by atoms with Crippen LogP contribution in [0.2, 0.25) is 10.0 Å². The average molecular weight is 1330 g/mol. The second kappa shape index (κ2) is 25.6. The third kappa shape index (κ3) is 13.0. The van der Waals surface area contributed by atoms with Crippen LogP contribution >= 0.6 is 23.2 Å². The van der Waals surface area contributed by atoms with E-state index in [1.807, 2.05) is 0 Å². The molecule has 31 heteroatoms. The maximum absolute atomic E-state index is 15.8. The molecule has 8 amide bonds. The summed E-state index contributed by atoms with van der Waals surface area (Å²) < 4.78 is 18.5. The minimum absolute atomic E-state index is 0.0653. The number of phenolic OH excluding ortho intramolecular Hbond substituents is 6. The first-order chi connectivity index (χ1) is 44.7. The number of hydrogen-bond donors (Lipinski definition) is 17. The molecule has 94 heavy (non-hydrogen) atoms. The Morgan fingerprint density at radius 2 is 1.14 bits per heavy atom. The van der Waals surface area contributed by atoms with Gasteiger partial charge in [-0.3, -0.25) is 38.4 Å². The molecule has 7 aromatic rings. The van der Waals surface area contributed by atoms with Crippen molar-refractivity contribution in [3.63, 3.8) is 0 Å². The van der Waals surface area contributed by atoms with Crippen LogP contribution in [0.4, 0.5) is 0 Å².